The highest BCUT2D eigenvalue weighted by molar-refractivity contribution is 5.31. The first kappa shape index (κ1) is 11.4. The number of hydrogen-bond donors (Lipinski definition) is 2. The van der Waals surface area contributed by atoms with E-state index in [-0.39, 0.29) is 11.8 Å². The number of pyridine rings is 1. The summed E-state index contributed by atoms with van der Waals surface area (Å²) >= 11 is 0. The number of rotatable bonds is 4. The van der Waals surface area contributed by atoms with Crippen LogP contribution in [0.15, 0.2) is 48.8 Å². The summed E-state index contributed by atoms with van der Waals surface area (Å²) in [5, 5.41) is 9.27. The molecule has 1 aromatic heterocycles. The van der Waals surface area contributed by atoms with Gasteiger partial charge in [0.05, 0.1) is 6.04 Å². The molecule has 0 amide bonds. The van der Waals surface area contributed by atoms with E-state index in [4.69, 9.17) is 10.5 Å². The monoisotopic (exact) mass is 230 g/mol. The summed E-state index contributed by atoms with van der Waals surface area (Å²) in [5.41, 5.74) is 6.88. The first-order valence-corrected chi connectivity index (χ1v) is 5.33. The van der Waals surface area contributed by atoms with Crippen LogP contribution in [0, 0.1) is 0 Å². The fourth-order valence-electron chi connectivity index (χ4n) is 1.45. The number of aromatic nitrogens is 1. The maximum absolute atomic E-state index is 9.27. The Bertz CT molecular complexity index is 474. The summed E-state index contributed by atoms with van der Waals surface area (Å²) < 4.78 is 5.49. The van der Waals surface area contributed by atoms with Gasteiger partial charge in [0.15, 0.2) is 0 Å². The lowest BCUT2D eigenvalue weighted by molar-refractivity contribution is 0.289. The highest BCUT2D eigenvalue weighted by atomic mass is 16.5. The molecule has 1 aromatic carbocycles. The van der Waals surface area contributed by atoms with Crippen LogP contribution in [0.1, 0.15) is 11.6 Å². The highest BCUT2D eigenvalue weighted by Gasteiger charge is 2.06. The minimum absolute atomic E-state index is 0.178. The minimum atomic E-state index is -0.231. The Balaban J connectivity index is 1.95. The van der Waals surface area contributed by atoms with E-state index >= 15 is 0 Å². The van der Waals surface area contributed by atoms with Gasteiger partial charge < -0.3 is 15.6 Å². The van der Waals surface area contributed by atoms with E-state index in [1.165, 1.54) is 0 Å². The summed E-state index contributed by atoms with van der Waals surface area (Å²) in [5.74, 6) is 0.779. The lowest BCUT2D eigenvalue weighted by atomic mass is 10.1. The number of aromatic hydroxyl groups is 1. The molecule has 17 heavy (non-hydrogen) atoms. The number of phenolic OH excluding ortho intramolecular Hbond substituents is 1. The van der Waals surface area contributed by atoms with Gasteiger partial charge in [-0.15, -0.1) is 0 Å². The van der Waals surface area contributed by atoms with Crippen LogP contribution in [-0.2, 0) is 0 Å². The van der Waals surface area contributed by atoms with Crippen molar-refractivity contribution in [3.63, 3.8) is 0 Å². The van der Waals surface area contributed by atoms with Gasteiger partial charge in [-0.25, -0.2) is 0 Å². The van der Waals surface area contributed by atoms with Crippen molar-refractivity contribution >= 4 is 0 Å². The molecule has 3 N–H and O–H groups in total. The molecule has 0 bridgehead atoms. The maximum atomic E-state index is 9.27. The molecule has 4 nitrogen and oxygen atoms in total. The number of phenols is 1. The third kappa shape index (κ3) is 3.19. The first-order chi connectivity index (χ1) is 8.25. The highest BCUT2D eigenvalue weighted by Crippen LogP contribution is 2.19. The molecule has 0 aliphatic carbocycles. The number of nitrogens with zero attached hydrogens (tertiary/aromatic N) is 1. The lowest BCUT2D eigenvalue weighted by Crippen LogP contribution is -2.19. The van der Waals surface area contributed by atoms with E-state index in [2.05, 4.69) is 4.98 Å². The summed E-state index contributed by atoms with van der Waals surface area (Å²) in [4.78, 5) is 4.00. The van der Waals surface area contributed by atoms with E-state index in [9.17, 15) is 5.11 Å². The van der Waals surface area contributed by atoms with Gasteiger partial charge >= 0.3 is 0 Å². The van der Waals surface area contributed by atoms with Crippen LogP contribution >= 0.6 is 0 Å². The summed E-state index contributed by atoms with van der Waals surface area (Å²) in [6, 6.07) is 10.2. The van der Waals surface area contributed by atoms with Crippen LogP contribution in [0.25, 0.3) is 0 Å². The van der Waals surface area contributed by atoms with E-state index in [1.54, 1.807) is 36.7 Å². The molecule has 2 rings (SSSR count). The number of benzene rings is 1. The standard InChI is InChI=1S/C13H14N2O2/c14-13(10-3-2-6-15-8-10)9-17-12-5-1-4-11(16)7-12/h1-8,13,16H,9,14H2. The Morgan fingerprint density at radius 3 is 2.88 bits per heavy atom. The molecule has 0 aliphatic heterocycles. The zero-order valence-corrected chi connectivity index (χ0v) is 9.28. The smallest absolute Gasteiger partial charge is 0.123 e. The summed E-state index contributed by atoms with van der Waals surface area (Å²) in [7, 11) is 0. The molecule has 1 atom stereocenters. The minimum Gasteiger partial charge on any atom is -0.508 e. The largest absolute Gasteiger partial charge is 0.508 e. The quantitative estimate of drug-likeness (QED) is 0.841. The van der Waals surface area contributed by atoms with Crippen molar-refractivity contribution in [3.05, 3.63) is 54.4 Å². The zero-order valence-electron chi connectivity index (χ0n) is 9.28. The van der Waals surface area contributed by atoms with Crippen molar-refractivity contribution in [2.24, 2.45) is 5.73 Å². The van der Waals surface area contributed by atoms with Gasteiger partial charge in [0.25, 0.3) is 0 Å². The summed E-state index contributed by atoms with van der Waals surface area (Å²) in [6.07, 6.45) is 3.42. The molecule has 1 unspecified atom stereocenters. The second kappa shape index (κ2) is 5.32. The summed E-state index contributed by atoms with van der Waals surface area (Å²) in [6.45, 7) is 0.342. The fourth-order valence-corrected chi connectivity index (χ4v) is 1.45. The third-order valence-corrected chi connectivity index (χ3v) is 2.36. The zero-order chi connectivity index (χ0) is 12.1. The van der Waals surface area contributed by atoms with Gasteiger partial charge in [-0.05, 0) is 23.8 Å². The predicted octanol–water partition coefficient (Wildman–Crippen LogP) is 1.87. The van der Waals surface area contributed by atoms with Crippen molar-refractivity contribution in [1.29, 1.82) is 0 Å². The van der Waals surface area contributed by atoms with Gasteiger partial charge in [0.1, 0.15) is 18.1 Å². The number of nitrogens with two attached hydrogens (primary N) is 1. The van der Waals surface area contributed by atoms with E-state index in [0.717, 1.165) is 5.56 Å². The van der Waals surface area contributed by atoms with Crippen LogP contribution in [0.5, 0.6) is 11.5 Å². The van der Waals surface area contributed by atoms with Gasteiger partial charge in [-0.3, -0.25) is 4.98 Å². The Morgan fingerprint density at radius 2 is 2.18 bits per heavy atom. The molecule has 0 radical (unpaired) electrons. The molecular formula is C13H14N2O2. The molecule has 0 spiro atoms. The molecule has 0 fully saturated rings. The molecule has 0 aliphatic rings. The van der Waals surface area contributed by atoms with Crippen LogP contribution in [0.4, 0.5) is 0 Å². The average Bonchev–Trinajstić information content (AvgIpc) is 2.37. The average molecular weight is 230 g/mol. The molecule has 0 saturated heterocycles. The van der Waals surface area contributed by atoms with Crippen LogP contribution in [0.2, 0.25) is 0 Å². The second-order valence-electron chi connectivity index (χ2n) is 3.70. The predicted molar refractivity (Wildman–Crippen MR) is 64.8 cm³/mol. The van der Waals surface area contributed by atoms with Crippen molar-refractivity contribution < 1.29 is 9.84 Å². The van der Waals surface area contributed by atoms with E-state index in [1.807, 2.05) is 12.1 Å². The van der Waals surface area contributed by atoms with Gasteiger partial charge in [0, 0.05) is 18.5 Å². The third-order valence-electron chi connectivity index (χ3n) is 2.36. The lowest BCUT2D eigenvalue weighted by Gasteiger charge is -2.13. The fraction of sp³-hybridized carbons (Fsp3) is 0.154. The molecule has 1 heterocycles. The van der Waals surface area contributed by atoms with Crippen LogP contribution in [-0.4, -0.2) is 16.7 Å². The second-order valence-corrected chi connectivity index (χ2v) is 3.70. The molecule has 4 heteroatoms. The van der Waals surface area contributed by atoms with Crippen molar-refractivity contribution in [1.82, 2.24) is 4.98 Å². The van der Waals surface area contributed by atoms with Crippen LogP contribution in [0.3, 0.4) is 0 Å². The molecule has 0 saturated carbocycles. The van der Waals surface area contributed by atoms with E-state index < -0.39 is 0 Å². The van der Waals surface area contributed by atoms with Gasteiger partial charge in [0.2, 0.25) is 0 Å². The SMILES string of the molecule is NC(COc1cccc(O)c1)c1cccnc1. The van der Waals surface area contributed by atoms with Gasteiger partial charge in [-0.1, -0.05) is 12.1 Å². The Labute approximate surface area is 99.7 Å². The topological polar surface area (TPSA) is 68.4 Å². The molecule has 88 valence electrons. The Hall–Kier alpha value is -2.07. The van der Waals surface area contributed by atoms with E-state index in [0.29, 0.717) is 12.4 Å². The van der Waals surface area contributed by atoms with Gasteiger partial charge in [-0.2, -0.15) is 0 Å². The van der Waals surface area contributed by atoms with Crippen LogP contribution < -0.4 is 10.5 Å². The first-order valence-electron chi connectivity index (χ1n) is 5.33. The maximum Gasteiger partial charge on any atom is 0.123 e. The Kier molecular flexibility index (Phi) is 3.57. The Morgan fingerprint density at radius 1 is 1.29 bits per heavy atom. The molecular weight excluding hydrogens is 216 g/mol. The van der Waals surface area contributed by atoms with Crippen molar-refractivity contribution in [2.75, 3.05) is 6.61 Å². The van der Waals surface area contributed by atoms with Crippen molar-refractivity contribution in [3.8, 4) is 11.5 Å². The number of ether oxygens (including phenoxy) is 1. The van der Waals surface area contributed by atoms with Crippen molar-refractivity contribution in [2.45, 2.75) is 6.04 Å². The number of hydrogen-bond acceptors (Lipinski definition) is 4. The molecule has 2 aromatic rings. The normalized spacial score (nSPS) is 12.1.